The van der Waals surface area contributed by atoms with Gasteiger partial charge in [-0.15, -0.1) is 0 Å². The van der Waals surface area contributed by atoms with Crippen LogP contribution in [0.15, 0.2) is 121 Å². The summed E-state index contributed by atoms with van der Waals surface area (Å²) in [5.41, 5.74) is 0. The fourth-order valence-electron chi connectivity index (χ4n) is 12.9. The highest BCUT2D eigenvalue weighted by Gasteiger charge is 2.64. The van der Waals surface area contributed by atoms with E-state index < -0.39 is 65.7 Å². The number of ether oxygens (including phenoxy) is 6. The summed E-state index contributed by atoms with van der Waals surface area (Å²) in [5.74, 6) is 0.883. The number of hydrogen-bond acceptors (Lipinski definition) is 10. The van der Waals surface area contributed by atoms with E-state index >= 15 is 0 Å². The van der Waals surface area contributed by atoms with E-state index in [9.17, 15) is 9.59 Å². The van der Waals surface area contributed by atoms with Gasteiger partial charge in [0.2, 0.25) is 0 Å². The lowest BCUT2D eigenvalue weighted by molar-refractivity contribution is -0.254. The summed E-state index contributed by atoms with van der Waals surface area (Å²) < 4.78 is 56.3. The third-order valence-corrected chi connectivity index (χ3v) is 27.0. The number of carbonyl (C=O) groups excluding carboxylic acids is 2. The summed E-state index contributed by atoms with van der Waals surface area (Å²) in [6.45, 7) is 20.4. The monoisotopic (exact) mass is 1030 g/mol. The standard InChI is InChI=1S/C61H84O10Si2/c1-12-41(2)37-52-42(3)49(53(67-52)40-54(64-10)65-11)39-43(63)38-44-33-34-50-55(66-44)59(71-73(61(7,8)9,47-29-21-15-22-30-47)48-31-23-16-24-32-48)58-57(68-50)56(51(69-58)35-36-62)70-72(60(4,5)6,45-25-17-13-18-26-45)46-27-19-14-20-28-46/h13-32,36,41-42,44,49-59H,12,33-35,37-40H2,1-11H3/t41-,42-,44-,49?,50+,51-,52-,53?,55+,56+,57+,58?,59+/m1/s1. The third-order valence-electron chi connectivity index (χ3n) is 16.9. The molecule has 4 aromatic rings. The summed E-state index contributed by atoms with van der Waals surface area (Å²) in [4.78, 5) is 27.5. The van der Waals surface area contributed by atoms with E-state index in [1.165, 1.54) is 0 Å². The van der Waals surface area contributed by atoms with E-state index in [2.05, 4.69) is 172 Å². The van der Waals surface area contributed by atoms with E-state index in [1.807, 2.05) is 12.1 Å². The molecule has 4 aliphatic heterocycles. The van der Waals surface area contributed by atoms with Crippen molar-refractivity contribution < 1.29 is 46.9 Å². The second-order valence-corrected chi connectivity index (χ2v) is 32.0. The largest absolute Gasteiger partial charge is 0.399 e. The molecule has 4 aromatic carbocycles. The van der Waals surface area contributed by atoms with Crippen molar-refractivity contribution in [2.45, 2.75) is 191 Å². The Labute approximate surface area is 438 Å². The molecule has 0 amide bonds. The zero-order valence-electron chi connectivity index (χ0n) is 45.4. The van der Waals surface area contributed by atoms with E-state index in [0.29, 0.717) is 31.6 Å². The molecule has 396 valence electrons. The Balaban J connectivity index is 1.18. The van der Waals surface area contributed by atoms with Gasteiger partial charge in [0.05, 0.1) is 30.5 Å². The molecule has 10 nitrogen and oxygen atoms in total. The zero-order valence-corrected chi connectivity index (χ0v) is 47.4. The number of ketones is 1. The van der Waals surface area contributed by atoms with Crippen LogP contribution in [-0.4, -0.2) is 110 Å². The number of methoxy groups -OCH3 is 2. The van der Waals surface area contributed by atoms with E-state index in [0.717, 1.165) is 39.9 Å². The fourth-order valence-corrected chi connectivity index (χ4v) is 22.3. The molecular formula is C61H84O10Si2. The highest BCUT2D eigenvalue weighted by atomic mass is 28.4. The van der Waals surface area contributed by atoms with Crippen LogP contribution in [0.1, 0.15) is 114 Å². The van der Waals surface area contributed by atoms with Gasteiger partial charge in [0.25, 0.3) is 16.6 Å². The molecule has 0 N–H and O–H groups in total. The van der Waals surface area contributed by atoms with Gasteiger partial charge in [0, 0.05) is 39.9 Å². The van der Waals surface area contributed by atoms with Gasteiger partial charge in [-0.25, -0.2) is 0 Å². The smallest absolute Gasteiger partial charge is 0.261 e. The molecule has 0 radical (unpaired) electrons. The van der Waals surface area contributed by atoms with Gasteiger partial charge >= 0.3 is 0 Å². The average Bonchev–Trinajstić information content (AvgIpc) is 3.87. The SMILES string of the molecule is CC[C@@H](C)C[C@H]1OC(CC(OC)OC)C(CC(=O)C[C@H]2CC[C@@H]3O[C@@H]4C(O[C@H](CC=O)[C@@H]4O[Si](c4ccccc4)(c4ccccc4)C(C)(C)C)[C@@H](O[Si](c4ccccc4)(c4ccccc4)C(C)(C)C)[C@H]3O2)[C@H]1C. The Hall–Kier alpha value is -3.67. The van der Waals surface area contributed by atoms with E-state index in [1.54, 1.807) is 14.2 Å². The molecule has 4 heterocycles. The first-order chi connectivity index (χ1) is 35.0. The van der Waals surface area contributed by atoms with Crippen molar-refractivity contribution in [3.05, 3.63) is 121 Å². The minimum absolute atomic E-state index is 0.0183. The van der Waals surface area contributed by atoms with Crippen LogP contribution in [0.4, 0.5) is 0 Å². The fraction of sp³-hybridized carbons (Fsp3) is 0.574. The maximum absolute atomic E-state index is 14.6. The minimum atomic E-state index is -3.27. The van der Waals surface area contributed by atoms with Crippen LogP contribution in [0.5, 0.6) is 0 Å². The molecule has 4 aliphatic rings. The van der Waals surface area contributed by atoms with Gasteiger partial charge in [0.1, 0.15) is 42.6 Å². The van der Waals surface area contributed by atoms with Crippen molar-refractivity contribution in [1.82, 2.24) is 0 Å². The number of aldehydes is 1. The molecule has 0 saturated carbocycles. The Kier molecular flexibility index (Phi) is 18.0. The number of rotatable bonds is 21. The molecule has 13 atom stereocenters. The molecule has 4 saturated heterocycles. The Morgan fingerprint density at radius 3 is 1.55 bits per heavy atom. The Morgan fingerprint density at radius 1 is 0.616 bits per heavy atom. The topological polar surface area (TPSA) is 108 Å². The number of benzene rings is 4. The number of hydrogen-bond donors (Lipinski definition) is 0. The number of Topliss-reactive ketones (excluding diaryl/α,β-unsaturated/α-hetero) is 1. The minimum Gasteiger partial charge on any atom is -0.399 e. The molecule has 3 unspecified atom stereocenters. The van der Waals surface area contributed by atoms with Gasteiger partial charge in [0.15, 0.2) is 6.29 Å². The van der Waals surface area contributed by atoms with Crippen LogP contribution in [0, 0.1) is 17.8 Å². The molecular weight excluding hydrogens is 949 g/mol. The van der Waals surface area contributed by atoms with Crippen LogP contribution in [0.25, 0.3) is 0 Å². The van der Waals surface area contributed by atoms with Gasteiger partial charge in [-0.2, -0.15) is 0 Å². The molecule has 8 rings (SSSR count). The Bertz CT molecular complexity index is 2280. The van der Waals surface area contributed by atoms with Crippen molar-refractivity contribution in [3.63, 3.8) is 0 Å². The zero-order chi connectivity index (χ0) is 52.1. The second kappa shape index (κ2) is 23.7. The normalized spacial score (nSPS) is 29.2. The average molecular weight is 1030 g/mol. The summed E-state index contributed by atoms with van der Waals surface area (Å²) in [5, 5.41) is 3.83. The maximum atomic E-state index is 14.6. The first-order valence-electron chi connectivity index (χ1n) is 27.2. The third kappa shape index (κ3) is 11.4. The van der Waals surface area contributed by atoms with Gasteiger partial charge in [-0.3, -0.25) is 4.79 Å². The van der Waals surface area contributed by atoms with Crippen molar-refractivity contribution in [2.75, 3.05) is 14.2 Å². The summed E-state index contributed by atoms with van der Waals surface area (Å²) in [6.07, 6.45) is 0.584. The first-order valence-corrected chi connectivity index (χ1v) is 31.0. The summed E-state index contributed by atoms with van der Waals surface area (Å²) >= 11 is 0. The van der Waals surface area contributed by atoms with Crippen LogP contribution in [0.3, 0.4) is 0 Å². The molecule has 0 aromatic heterocycles. The van der Waals surface area contributed by atoms with Crippen LogP contribution in [0.2, 0.25) is 10.1 Å². The highest BCUT2D eigenvalue weighted by molar-refractivity contribution is 7.00. The first kappa shape index (κ1) is 55.6. The second-order valence-electron chi connectivity index (χ2n) is 23.5. The summed E-state index contributed by atoms with van der Waals surface area (Å²) in [7, 11) is -3.16. The number of carbonyl (C=O) groups is 2. The van der Waals surface area contributed by atoms with E-state index in [-0.39, 0.29) is 58.8 Å². The molecule has 0 aliphatic carbocycles. The number of fused-ring (bicyclic) bond motifs is 2. The van der Waals surface area contributed by atoms with Crippen molar-refractivity contribution in [3.8, 4) is 0 Å². The molecule has 4 fully saturated rings. The molecule has 0 bridgehead atoms. The molecule has 73 heavy (non-hydrogen) atoms. The Morgan fingerprint density at radius 2 is 1.10 bits per heavy atom. The van der Waals surface area contributed by atoms with Crippen molar-refractivity contribution in [1.29, 1.82) is 0 Å². The van der Waals surface area contributed by atoms with E-state index in [4.69, 9.17) is 37.3 Å². The molecule has 12 heteroatoms. The highest BCUT2D eigenvalue weighted by Crippen LogP contribution is 2.49. The molecule has 0 spiro atoms. The van der Waals surface area contributed by atoms with Crippen LogP contribution < -0.4 is 20.7 Å². The van der Waals surface area contributed by atoms with Gasteiger partial charge in [-0.1, -0.05) is 190 Å². The predicted octanol–water partition coefficient (Wildman–Crippen LogP) is 9.36. The van der Waals surface area contributed by atoms with Crippen LogP contribution >= 0.6 is 0 Å². The van der Waals surface area contributed by atoms with Crippen molar-refractivity contribution >= 4 is 49.5 Å². The predicted molar refractivity (Wildman–Crippen MR) is 293 cm³/mol. The quantitative estimate of drug-likeness (QED) is 0.0456. The lowest BCUT2D eigenvalue weighted by atomic mass is 9.80. The van der Waals surface area contributed by atoms with Gasteiger partial charge < -0.3 is 42.1 Å². The lowest BCUT2D eigenvalue weighted by Gasteiger charge is -2.53. The maximum Gasteiger partial charge on any atom is 0.261 e. The van der Waals surface area contributed by atoms with Crippen molar-refractivity contribution in [2.24, 2.45) is 17.8 Å². The van der Waals surface area contributed by atoms with Gasteiger partial charge in [-0.05, 0) is 67.8 Å². The van der Waals surface area contributed by atoms with Crippen LogP contribution in [-0.2, 0) is 46.9 Å². The lowest BCUT2D eigenvalue weighted by Crippen LogP contribution is -2.73. The summed E-state index contributed by atoms with van der Waals surface area (Å²) in [6, 6.07) is 42.5.